The van der Waals surface area contributed by atoms with Crippen molar-refractivity contribution in [1.82, 2.24) is 15.1 Å². The molecule has 2 unspecified atom stereocenters. The summed E-state index contributed by atoms with van der Waals surface area (Å²) >= 11 is 0. The summed E-state index contributed by atoms with van der Waals surface area (Å²) in [5, 5.41) is 15.1. The summed E-state index contributed by atoms with van der Waals surface area (Å²) in [6.45, 7) is 14.1. The number of carboxylic acids is 1. The Morgan fingerprint density at radius 2 is 1.86 bits per heavy atom. The van der Waals surface area contributed by atoms with Crippen LogP contribution in [0.3, 0.4) is 0 Å². The van der Waals surface area contributed by atoms with Gasteiger partial charge in [0, 0.05) is 44.1 Å². The molecule has 0 aromatic heterocycles. The van der Waals surface area contributed by atoms with E-state index >= 15 is 0 Å². The van der Waals surface area contributed by atoms with Crippen LogP contribution in [0, 0.1) is 10.8 Å². The van der Waals surface area contributed by atoms with Gasteiger partial charge in [-0.1, -0.05) is 20.8 Å². The van der Waals surface area contributed by atoms with E-state index in [-0.39, 0.29) is 29.2 Å². The van der Waals surface area contributed by atoms with Crippen molar-refractivity contribution >= 4 is 29.6 Å². The molecule has 3 N–H and O–H groups in total. The SMILES string of the molecule is CCNC(=O)Nc1ccc(OC(C(=O)O)C(C)(C)C)cc1C(=O)N1CCC(N2CCCC3(C2)CC(C)(C)OC3=O)CC1. The smallest absolute Gasteiger partial charge is 0.345 e. The van der Waals surface area contributed by atoms with Gasteiger partial charge in [-0.15, -0.1) is 0 Å². The van der Waals surface area contributed by atoms with Crippen molar-refractivity contribution in [2.45, 2.75) is 91.4 Å². The normalized spacial score (nSPS) is 23.8. The number of anilines is 1. The lowest BCUT2D eigenvalue weighted by Gasteiger charge is -2.45. The number of nitrogens with one attached hydrogen (secondary N) is 2. The number of carbonyl (C=O) groups excluding carboxylic acids is 3. The standard InChI is InChI=1S/C31H46N4O7/c1-7-32-28(40)33-23-10-9-21(41-24(26(37)38)29(2,3)4)17-22(23)25(36)34-15-11-20(12-16-34)35-14-8-13-31(19-35)18-30(5,6)42-27(31)39/h9-10,17,20,24H,7-8,11-16,18-19H2,1-6H3,(H,37,38)(H2,32,33,40). The maximum Gasteiger partial charge on any atom is 0.345 e. The van der Waals surface area contributed by atoms with Gasteiger partial charge in [-0.05, 0) is 71.2 Å². The molecule has 3 aliphatic rings. The molecule has 1 spiro atoms. The lowest BCUT2D eigenvalue weighted by molar-refractivity contribution is -0.155. The number of esters is 1. The Kier molecular flexibility index (Phi) is 9.11. The summed E-state index contributed by atoms with van der Waals surface area (Å²) in [6.07, 6.45) is 2.92. The third kappa shape index (κ3) is 6.99. The van der Waals surface area contributed by atoms with Gasteiger partial charge in [0.25, 0.3) is 5.91 Å². The van der Waals surface area contributed by atoms with Gasteiger partial charge in [-0.3, -0.25) is 14.5 Å². The fraction of sp³-hybridized carbons (Fsp3) is 0.677. The first-order valence-electron chi connectivity index (χ1n) is 15.0. The molecule has 0 aliphatic carbocycles. The second-order valence-electron chi connectivity index (χ2n) is 13.6. The van der Waals surface area contributed by atoms with Crippen molar-refractivity contribution in [1.29, 1.82) is 0 Å². The van der Waals surface area contributed by atoms with Crippen LogP contribution in [0.1, 0.15) is 84.0 Å². The van der Waals surface area contributed by atoms with Crippen LogP contribution in [0.4, 0.5) is 10.5 Å². The number of hydrogen-bond donors (Lipinski definition) is 3. The van der Waals surface area contributed by atoms with E-state index in [0.29, 0.717) is 31.9 Å². The van der Waals surface area contributed by atoms with Gasteiger partial charge < -0.3 is 30.1 Å². The quantitative estimate of drug-likeness (QED) is 0.406. The zero-order valence-corrected chi connectivity index (χ0v) is 25.7. The van der Waals surface area contributed by atoms with Gasteiger partial charge in [-0.2, -0.15) is 0 Å². The average molecular weight is 587 g/mol. The molecule has 232 valence electrons. The Labute approximate surface area is 248 Å². The highest BCUT2D eigenvalue weighted by atomic mass is 16.6. The predicted octanol–water partition coefficient (Wildman–Crippen LogP) is 4.12. The van der Waals surface area contributed by atoms with E-state index in [1.54, 1.807) is 44.7 Å². The number of rotatable bonds is 7. The maximum atomic E-state index is 13.8. The Bertz CT molecular complexity index is 1200. The highest BCUT2D eigenvalue weighted by Gasteiger charge is 2.54. The fourth-order valence-corrected chi connectivity index (χ4v) is 6.62. The van der Waals surface area contributed by atoms with Crippen molar-refractivity contribution in [2.75, 3.05) is 38.0 Å². The summed E-state index contributed by atoms with van der Waals surface area (Å²) in [4.78, 5) is 55.1. The van der Waals surface area contributed by atoms with Crippen LogP contribution < -0.4 is 15.4 Å². The minimum Gasteiger partial charge on any atom is -0.478 e. The van der Waals surface area contributed by atoms with Crippen molar-refractivity contribution < 1.29 is 33.8 Å². The topological polar surface area (TPSA) is 138 Å². The van der Waals surface area contributed by atoms with Gasteiger partial charge in [0.2, 0.25) is 0 Å². The molecule has 3 aliphatic heterocycles. The van der Waals surface area contributed by atoms with Gasteiger partial charge in [0.15, 0.2) is 6.10 Å². The Morgan fingerprint density at radius 3 is 2.43 bits per heavy atom. The number of benzene rings is 1. The van der Waals surface area contributed by atoms with E-state index in [2.05, 4.69) is 15.5 Å². The molecular weight excluding hydrogens is 540 g/mol. The summed E-state index contributed by atoms with van der Waals surface area (Å²) in [6, 6.07) is 4.47. The molecule has 0 bridgehead atoms. The summed E-state index contributed by atoms with van der Waals surface area (Å²) in [7, 11) is 0. The molecule has 3 fully saturated rings. The van der Waals surface area contributed by atoms with Crippen molar-refractivity contribution in [2.24, 2.45) is 10.8 Å². The Hall–Kier alpha value is -3.34. The summed E-state index contributed by atoms with van der Waals surface area (Å²) < 4.78 is 11.5. The summed E-state index contributed by atoms with van der Waals surface area (Å²) in [5.41, 5.74) is -1.01. The molecule has 3 saturated heterocycles. The molecule has 3 heterocycles. The zero-order chi connectivity index (χ0) is 30.9. The molecule has 42 heavy (non-hydrogen) atoms. The van der Waals surface area contributed by atoms with Crippen LogP contribution in [0.15, 0.2) is 18.2 Å². The predicted molar refractivity (Wildman–Crippen MR) is 158 cm³/mol. The molecule has 11 nitrogen and oxygen atoms in total. The van der Waals surface area contributed by atoms with Crippen LogP contribution in [-0.4, -0.2) is 89.3 Å². The molecule has 0 radical (unpaired) electrons. The molecule has 4 rings (SSSR count). The minimum absolute atomic E-state index is 0.0874. The van der Waals surface area contributed by atoms with Crippen LogP contribution in [0.5, 0.6) is 5.75 Å². The van der Waals surface area contributed by atoms with Crippen molar-refractivity contribution in [3.05, 3.63) is 23.8 Å². The number of hydrogen-bond acceptors (Lipinski definition) is 7. The average Bonchev–Trinajstić information content (AvgIpc) is 3.13. The number of likely N-dealkylation sites (tertiary alicyclic amines) is 2. The molecule has 1 aromatic carbocycles. The first-order chi connectivity index (χ1) is 19.6. The largest absolute Gasteiger partial charge is 0.478 e. The Morgan fingerprint density at radius 1 is 1.17 bits per heavy atom. The number of ether oxygens (including phenoxy) is 2. The molecule has 2 atom stereocenters. The number of nitrogens with zero attached hydrogens (tertiary/aromatic N) is 2. The molecule has 3 amide bonds. The number of carbonyl (C=O) groups is 4. The summed E-state index contributed by atoms with van der Waals surface area (Å²) in [5.74, 6) is -1.21. The number of amides is 3. The lowest BCUT2D eigenvalue weighted by atomic mass is 9.74. The molecule has 1 aromatic rings. The Balaban J connectivity index is 1.48. The van der Waals surface area contributed by atoms with E-state index in [4.69, 9.17) is 9.47 Å². The van der Waals surface area contributed by atoms with E-state index in [0.717, 1.165) is 38.6 Å². The van der Waals surface area contributed by atoms with Crippen LogP contribution >= 0.6 is 0 Å². The number of urea groups is 1. The zero-order valence-electron chi connectivity index (χ0n) is 25.7. The highest BCUT2D eigenvalue weighted by molar-refractivity contribution is 6.04. The van der Waals surface area contributed by atoms with E-state index in [1.165, 1.54) is 6.07 Å². The van der Waals surface area contributed by atoms with Gasteiger partial charge in [-0.25, -0.2) is 9.59 Å². The third-order valence-corrected chi connectivity index (χ3v) is 8.51. The van der Waals surface area contributed by atoms with Crippen LogP contribution in [0.25, 0.3) is 0 Å². The van der Waals surface area contributed by atoms with Gasteiger partial charge in [0.05, 0.1) is 16.7 Å². The molecular formula is C31H46N4O7. The maximum absolute atomic E-state index is 13.8. The fourth-order valence-electron chi connectivity index (χ4n) is 6.62. The monoisotopic (exact) mass is 586 g/mol. The second-order valence-corrected chi connectivity index (χ2v) is 13.6. The van der Waals surface area contributed by atoms with Gasteiger partial charge in [0.1, 0.15) is 11.4 Å². The van der Waals surface area contributed by atoms with Crippen molar-refractivity contribution in [3.63, 3.8) is 0 Å². The minimum atomic E-state index is -1.13. The first-order valence-corrected chi connectivity index (χ1v) is 15.0. The number of carboxylic acid groups (broad SMARTS) is 1. The van der Waals surface area contributed by atoms with Crippen LogP contribution in [0.2, 0.25) is 0 Å². The lowest BCUT2D eigenvalue weighted by Crippen LogP contribution is -2.53. The number of aliphatic carboxylic acids is 1. The highest BCUT2D eigenvalue weighted by Crippen LogP contribution is 2.46. The second kappa shape index (κ2) is 12.1. The number of cyclic esters (lactones) is 1. The van der Waals surface area contributed by atoms with Crippen LogP contribution in [-0.2, 0) is 14.3 Å². The molecule has 0 saturated carbocycles. The van der Waals surface area contributed by atoms with Crippen molar-refractivity contribution in [3.8, 4) is 5.75 Å². The number of piperidine rings is 2. The van der Waals surface area contributed by atoms with E-state index in [9.17, 15) is 24.3 Å². The van der Waals surface area contributed by atoms with E-state index in [1.807, 2.05) is 13.8 Å². The third-order valence-electron chi connectivity index (χ3n) is 8.51. The first kappa shape index (κ1) is 31.6. The van der Waals surface area contributed by atoms with Gasteiger partial charge >= 0.3 is 18.0 Å². The molecule has 11 heteroatoms. The van der Waals surface area contributed by atoms with E-state index < -0.39 is 34.5 Å².